The fourth-order valence-electron chi connectivity index (χ4n) is 4.43. The van der Waals surface area contributed by atoms with Gasteiger partial charge in [-0.15, -0.1) is 11.3 Å². The molecule has 0 spiro atoms. The van der Waals surface area contributed by atoms with Gasteiger partial charge in [-0.1, -0.05) is 13.0 Å². The molecule has 1 aromatic heterocycles. The van der Waals surface area contributed by atoms with Crippen LogP contribution in [0.3, 0.4) is 0 Å². The maximum Gasteiger partial charge on any atom is 0.252 e. The molecule has 1 unspecified atom stereocenters. The van der Waals surface area contributed by atoms with Gasteiger partial charge in [-0.3, -0.25) is 9.69 Å². The SMILES string of the molecule is COc1ccc(CN2CCC(NC(=O)c3csc4c3CCC(C)C4)CC2)cc1F. The number of carbonyl (C=O) groups is 1. The van der Waals surface area contributed by atoms with Crippen molar-refractivity contribution in [3.05, 3.63) is 51.0 Å². The molecule has 0 bridgehead atoms. The van der Waals surface area contributed by atoms with E-state index in [-0.39, 0.29) is 23.5 Å². The van der Waals surface area contributed by atoms with Gasteiger partial charge >= 0.3 is 0 Å². The highest BCUT2D eigenvalue weighted by molar-refractivity contribution is 7.10. The second-order valence-corrected chi connectivity index (χ2v) is 9.36. The lowest BCUT2D eigenvalue weighted by Crippen LogP contribution is -2.44. The van der Waals surface area contributed by atoms with Crippen LogP contribution in [-0.2, 0) is 19.4 Å². The maximum atomic E-state index is 13.9. The van der Waals surface area contributed by atoms with Crippen LogP contribution in [0, 0.1) is 11.7 Å². The minimum atomic E-state index is -0.319. The first kappa shape index (κ1) is 20.4. The average Bonchev–Trinajstić information content (AvgIpc) is 3.13. The van der Waals surface area contributed by atoms with E-state index in [0.29, 0.717) is 0 Å². The first-order valence-electron chi connectivity index (χ1n) is 10.5. The number of halogens is 1. The molecule has 2 heterocycles. The molecule has 1 aliphatic carbocycles. The van der Waals surface area contributed by atoms with Crippen molar-refractivity contribution in [2.45, 2.75) is 51.6 Å². The number of likely N-dealkylation sites (tertiary alicyclic amines) is 1. The monoisotopic (exact) mass is 416 g/mol. The molecule has 6 heteroatoms. The number of fused-ring (bicyclic) bond motifs is 1. The van der Waals surface area contributed by atoms with E-state index in [4.69, 9.17) is 4.74 Å². The lowest BCUT2D eigenvalue weighted by atomic mass is 9.88. The zero-order valence-electron chi connectivity index (χ0n) is 17.2. The van der Waals surface area contributed by atoms with Gasteiger partial charge in [-0.2, -0.15) is 0 Å². The van der Waals surface area contributed by atoms with E-state index in [1.807, 2.05) is 11.4 Å². The quantitative estimate of drug-likeness (QED) is 0.785. The summed E-state index contributed by atoms with van der Waals surface area (Å²) in [7, 11) is 1.48. The average molecular weight is 417 g/mol. The summed E-state index contributed by atoms with van der Waals surface area (Å²) in [5.41, 5.74) is 3.13. The van der Waals surface area contributed by atoms with Crippen LogP contribution in [0.1, 0.15) is 52.5 Å². The third-order valence-corrected chi connectivity index (χ3v) is 7.24. The number of methoxy groups -OCH3 is 1. The number of rotatable bonds is 5. The lowest BCUT2D eigenvalue weighted by Gasteiger charge is -2.32. The minimum absolute atomic E-state index is 0.0905. The predicted octanol–water partition coefficient (Wildman–Crippen LogP) is 4.42. The summed E-state index contributed by atoms with van der Waals surface area (Å²) in [5.74, 6) is 0.772. The van der Waals surface area contributed by atoms with Gasteiger partial charge in [0.15, 0.2) is 11.6 Å². The Labute approximate surface area is 176 Å². The third kappa shape index (κ3) is 4.64. The Morgan fingerprint density at radius 3 is 2.83 bits per heavy atom. The van der Waals surface area contributed by atoms with Crippen molar-refractivity contribution < 1.29 is 13.9 Å². The molecule has 0 radical (unpaired) electrons. The molecule has 1 aliphatic heterocycles. The number of nitrogens with zero attached hydrogens (tertiary/aromatic N) is 1. The highest BCUT2D eigenvalue weighted by atomic mass is 32.1. The second kappa shape index (κ2) is 8.84. The van der Waals surface area contributed by atoms with E-state index >= 15 is 0 Å². The summed E-state index contributed by atoms with van der Waals surface area (Å²) >= 11 is 1.74. The van der Waals surface area contributed by atoms with Gasteiger partial charge in [0.2, 0.25) is 0 Å². The van der Waals surface area contributed by atoms with Crippen LogP contribution in [-0.4, -0.2) is 37.0 Å². The molecule has 2 aliphatic rings. The smallest absolute Gasteiger partial charge is 0.252 e. The Hall–Kier alpha value is -1.92. The van der Waals surface area contributed by atoms with E-state index in [9.17, 15) is 9.18 Å². The van der Waals surface area contributed by atoms with E-state index in [2.05, 4.69) is 17.1 Å². The van der Waals surface area contributed by atoms with Crippen molar-refractivity contribution in [2.24, 2.45) is 5.92 Å². The van der Waals surface area contributed by atoms with E-state index in [1.54, 1.807) is 23.5 Å². The second-order valence-electron chi connectivity index (χ2n) is 8.39. The minimum Gasteiger partial charge on any atom is -0.494 e. The number of nitrogens with one attached hydrogen (secondary N) is 1. The van der Waals surface area contributed by atoms with E-state index in [1.165, 1.54) is 24.0 Å². The topological polar surface area (TPSA) is 41.6 Å². The van der Waals surface area contributed by atoms with Crippen LogP contribution in [0.4, 0.5) is 4.39 Å². The number of hydrogen-bond acceptors (Lipinski definition) is 4. The van der Waals surface area contributed by atoms with Gasteiger partial charge in [0, 0.05) is 35.9 Å². The highest BCUT2D eigenvalue weighted by Crippen LogP contribution is 2.33. The summed E-state index contributed by atoms with van der Waals surface area (Å²) < 4.78 is 18.9. The number of ether oxygens (including phenoxy) is 1. The van der Waals surface area contributed by atoms with Crippen molar-refractivity contribution in [2.75, 3.05) is 20.2 Å². The van der Waals surface area contributed by atoms with Crippen LogP contribution < -0.4 is 10.1 Å². The number of hydrogen-bond donors (Lipinski definition) is 1. The molecule has 1 amide bonds. The molecule has 29 heavy (non-hydrogen) atoms. The molecule has 1 N–H and O–H groups in total. The fraction of sp³-hybridized carbons (Fsp3) is 0.522. The van der Waals surface area contributed by atoms with Crippen LogP contribution in [0.15, 0.2) is 23.6 Å². The zero-order valence-corrected chi connectivity index (χ0v) is 18.0. The van der Waals surface area contributed by atoms with Crippen LogP contribution >= 0.6 is 11.3 Å². The van der Waals surface area contributed by atoms with Gasteiger partial charge < -0.3 is 10.1 Å². The normalized spacial score (nSPS) is 20.3. The third-order valence-electron chi connectivity index (χ3n) is 6.19. The number of carbonyl (C=O) groups excluding carboxylic acids is 1. The molecule has 4 nitrogen and oxygen atoms in total. The van der Waals surface area contributed by atoms with Crippen molar-refractivity contribution in [3.8, 4) is 5.75 Å². The maximum absolute atomic E-state index is 13.9. The van der Waals surface area contributed by atoms with Gasteiger partial charge in [0.05, 0.1) is 12.7 Å². The first-order valence-corrected chi connectivity index (χ1v) is 11.4. The Kier molecular flexibility index (Phi) is 6.20. The van der Waals surface area contributed by atoms with Gasteiger partial charge in [0.25, 0.3) is 5.91 Å². The molecule has 2 aromatic rings. The van der Waals surface area contributed by atoms with Crippen LogP contribution in [0.25, 0.3) is 0 Å². The van der Waals surface area contributed by atoms with Gasteiger partial charge in [-0.25, -0.2) is 4.39 Å². The van der Waals surface area contributed by atoms with Gasteiger partial charge in [-0.05, 0) is 61.3 Å². The molecule has 1 fully saturated rings. The molecule has 1 saturated heterocycles. The number of benzene rings is 1. The Balaban J connectivity index is 1.29. The van der Waals surface area contributed by atoms with Crippen LogP contribution in [0.2, 0.25) is 0 Å². The summed E-state index contributed by atoms with van der Waals surface area (Å²) in [4.78, 5) is 16.5. The molecule has 0 saturated carbocycles. The fourth-order valence-corrected chi connectivity index (χ4v) is 5.68. The molecule has 156 valence electrons. The summed E-state index contributed by atoms with van der Waals surface area (Å²) in [5, 5.41) is 5.30. The highest BCUT2D eigenvalue weighted by Gasteiger charge is 2.26. The van der Waals surface area contributed by atoms with E-state index < -0.39 is 0 Å². The zero-order chi connectivity index (χ0) is 20.4. The lowest BCUT2D eigenvalue weighted by molar-refractivity contribution is 0.0908. The molecule has 1 atom stereocenters. The molecule has 4 rings (SSSR count). The Morgan fingerprint density at radius 2 is 2.10 bits per heavy atom. The molecular formula is C23H29FN2O2S. The van der Waals surface area contributed by atoms with Crippen molar-refractivity contribution in [3.63, 3.8) is 0 Å². The first-order chi connectivity index (χ1) is 14.0. The van der Waals surface area contributed by atoms with Crippen molar-refractivity contribution >= 4 is 17.2 Å². The summed E-state index contributed by atoms with van der Waals surface area (Å²) in [6.45, 7) is 4.81. The van der Waals surface area contributed by atoms with E-state index in [0.717, 1.165) is 62.4 Å². The number of thiophene rings is 1. The van der Waals surface area contributed by atoms with Crippen molar-refractivity contribution in [1.82, 2.24) is 10.2 Å². The Morgan fingerprint density at radius 1 is 1.31 bits per heavy atom. The van der Waals surface area contributed by atoms with Crippen LogP contribution in [0.5, 0.6) is 5.75 Å². The van der Waals surface area contributed by atoms with Crippen molar-refractivity contribution in [1.29, 1.82) is 0 Å². The van der Waals surface area contributed by atoms with Gasteiger partial charge in [0.1, 0.15) is 0 Å². The molecular weight excluding hydrogens is 387 g/mol. The predicted molar refractivity (Wildman–Crippen MR) is 114 cm³/mol. The number of piperidine rings is 1. The number of amides is 1. The Bertz CT molecular complexity index is 874. The largest absolute Gasteiger partial charge is 0.494 e. The standard InChI is InChI=1S/C23H29FN2O2S/c1-15-3-5-18-19(14-29-22(18)11-15)23(27)25-17-7-9-26(10-8-17)13-16-4-6-21(28-2)20(24)12-16/h4,6,12,14-15,17H,3,5,7-11,13H2,1-2H3,(H,25,27). The molecule has 1 aromatic carbocycles. The summed E-state index contributed by atoms with van der Waals surface area (Å²) in [6, 6.07) is 5.35. The summed E-state index contributed by atoms with van der Waals surface area (Å²) in [6.07, 6.45) is 5.16.